The largest absolute Gasteiger partial charge is 0.389 e. The fourth-order valence-electron chi connectivity index (χ4n) is 1.63. The second-order valence-corrected chi connectivity index (χ2v) is 5.32. The maximum absolute atomic E-state index is 12.2. The van der Waals surface area contributed by atoms with E-state index in [1.165, 1.54) is 23.0 Å². The van der Waals surface area contributed by atoms with Crippen LogP contribution in [0, 0.1) is 0 Å². The van der Waals surface area contributed by atoms with E-state index < -0.39 is 0 Å². The molecule has 1 heterocycles. The molecule has 0 atom stereocenters. The summed E-state index contributed by atoms with van der Waals surface area (Å²) >= 11 is 16.6. The average Bonchev–Trinajstić information content (AvgIpc) is 2.70. The fraction of sp³-hybridized carbons (Fsp3) is 0.0833. The predicted octanol–water partition coefficient (Wildman–Crippen LogP) is 2.61. The third-order valence-corrected chi connectivity index (χ3v) is 3.22. The highest BCUT2D eigenvalue weighted by Crippen LogP contribution is 2.21. The average molecular weight is 329 g/mol. The minimum absolute atomic E-state index is 0.150. The molecule has 0 spiro atoms. The van der Waals surface area contributed by atoms with Gasteiger partial charge in [-0.25, -0.2) is 0 Å². The van der Waals surface area contributed by atoms with Gasteiger partial charge in [0.1, 0.15) is 10.8 Å². The smallest absolute Gasteiger partial charge is 0.256 e. The van der Waals surface area contributed by atoms with Crippen molar-refractivity contribution in [2.24, 2.45) is 12.8 Å². The molecule has 104 valence electrons. The molecular weight excluding hydrogens is 319 g/mol. The zero-order chi connectivity index (χ0) is 14.9. The molecule has 0 bridgehead atoms. The number of carbonyl (C=O) groups excluding carboxylic acids is 1. The zero-order valence-electron chi connectivity index (χ0n) is 10.4. The number of nitrogens with two attached hydrogens (primary N) is 1. The molecule has 0 fully saturated rings. The number of thiocarbonyl (C=S) groups is 1. The van der Waals surface area contributed by atoms with Gasteiger partial charge in [0.05, 0.1) is 11.8 Å². The van der Waals surface area contributed by atoms with Gasteiger partial charge in [-0.1, -0.05) is 35.4 Å². The molecular formula is C12H10Cl2N4OS. The Hall–Kier alpha value is -1.63. The first-order valence-corrected chi connectivity index (χ1v) is 6.64. The van der Waals surface area contributed by atoms with E-state index in [2.05, 4.69) is 10.4 Å². The summed E-state index contributed by atoms with van der Waals surface area (Å²) in [4.78, 5) is 12.3. The van der Waals surface area contributed by atoms with Crippen molar-refractivity contribution in [3.8, 4) is 0 Å². The molecule has 0 aliphatic carbocycles. The number of amides is 1. The van der Waals surface area contributed by atoms with Crippen LogP contribution in [0.5, 0.6) is 0 Å². The number of aryl methyl sites for hydroxylation is 1. The Kier molecular flexibility index (Phi) is 4.27. The van der Waals surface area contributed by atoms with Crippen molar-refractivity contribution in [1.29, 1.82) is 0 Å². The Morgan fingerprint density at radius 1 is 1.35 bits per heavy atom. The maximum Gasteiger partial charge on any atom is 0.256 e. The molecule has 0 saturated carbocycles. The molecule has 3 N–H and O–H groups in total. The second kappa shape index (κ2) is 5.78. The normalized spacial score (nSPS) is 10.3. The van der Waals surface area contributed by atoms with Gasteiger partial charge in [-0.05, 0) is 18.2 Å². The van der Waals surface area contributed by atoms with Crippen molar-refractivity contribution in [2.75, 3.05) is 5.32 Å². The van der Waals surface area contributed by atoms with Crippen LogP contribution in [0.15, 0.2) is 24.4 Å². The first kappa shape index (κ1) is 14.8. The van der Waals surface area contributed by atoms with E-state index in [0.717, 1.165) is 0 Å². The Bertz CT molecular complexity index is 679. The number of rotatable bonds is 3. The van der Waals surface area contributed by atoms with Crippen molar-refractivity contribution in [2.45, 2.75) is 0 Å². The van der Waals surface area contributed by atoms with Gasteiger partial charge < -0.3 is 11.1 Å². The van der Waals surface area contributed by atoms with E-state index in [1.807, 2.05) is 0 Å². The monoisotopic (exact) mass is 328 g/mol. The molecule has 0 aliphatic heterocycles. The Labute approximate surface area is 130 Å². The van der Waals surface area contributed by atoms with E-state index >= 15 is 0 Å². The number of anilines is 1. The van der Waals surface area contributed by atoms with Gasteiger partial charge in [-0.2, -0.15) is 5.10 Å². The Balaban J connectivity index is 2.32. The van der Waals surface area contributed by atoms with Crippen molar-refractivity contribution < 1.29 is 4.79 Å². The number of carbonyl (C=O) groups is 1. The minimum atomic E-state index is -0.379. The molecule has 0 aliphatic rings. The number of aromatic nitrogens is 2. The maximum atomic E-state index is 12.2. The lowest BCUT2D eigenvalue weighted by Gasteiger charge is -2.08. The van der Waals surface area contributed by atoms with Gasteiger partial charge in [0.2, 0.25) is 0 Å². The summed E-state index contributed by atoms with van der Waals surface area (Å²) in [5.41, 5.74) is 6.40. The van der Waals surface area contributed by atoms with Crippen LogP contribution in [0.4, 0.5) is 5.82 Å². The topological polar surface area (TPSA) is 72.9 Å². The quantitative estimate of drug-likeness (QED) is 0.849. The molecule has 0 unspecified atom stereocenters. The van der Waals surface area contributed by atoms with Crippen molar-refractivity contribution in [3.05, 3.63) is 45.6 Å². The summed E-state index contributed by atoms with van der Waals surface area (Å²) in [7, 11) is 1.67. The van der Waals surface area contributed by atoms with Crippen LogP contribution in [-0.4, -0.2) is 20.7 Å². The number of hydrogen-bond acceptors (Lipinski definition) is 3. The van der Waals surface area contributed by atoms with Gasteiger partial charge in [0, 0.05) is 22.7 Å². The van der Waals surface area contributed by atoms with Gasteiger partial charge >= 0.3 is 0 Å². The molecule has 5 nitrogen and oxygen atoms in total. The lowest BCUT2D eigenvalue weighted by Crippen LogP contribution is -2.18. The van der Waals surface area contributed by atoms with Crippen LogP contribution in [0.3, 0.4) is 0 Å². The van der Waals surface area contributed by atoms with Gasteiger partial charge in [-0.3, -0.25) is 9.48 Å². The Morgan fingerprint density at radius 3 is 2.50 bits per heavy atom. The lowest BCUT2D eigenvalue weighted by atomic mass is 10.2. The molecule has 0 saturated heterocycles. The summed E-state index contributed by atoms with van der Waals surface area (Å²) in [6, 6.07) is 4.57. The molecule has 2 aromatic rings. The number of nitrogens with one attached hydrogen (secondary N) is 1. The van der Waals surface area contributed by atoms with E-state index in [4.69, 9.17) is 41.2 Å². The van der Waals surface area contributed by atoms with Crippen LogP contribution in [-0.2, 0) is 7.05 Å². The van der Waals surface area contributed by atoms with Crippen LogP contribution >= 0.6 is 35.4 Å². The van der Waals surface area contributed by atoms with Gasteiger partial charge in [0.15, 0.2) is 0 Å². The second-order valence-electron chi connectivity index (χ2n) is 4.01. The third kappa shape index (κ3) is 3.09. The standard InChI is InChI=1S/C12H10Cl2N4OS/c1-18-11(9(5-16-18)10(15)20)17-12(19)6-2-7(13)4-8(14)3-6/h2-5H,1H3,(H2,15,20)(H,17,19). The summed E-state index contributed by atoms with van der Waals surface area (Å²) in [5.74, 6) is 0.0362. The first-order valence-electron chi connectivity index (χ1n) is 5.47. The van der Waals surface area contributed by atoms with Crippen molar-refractivity contribution >= 4 is 52.1 Å². The van der Waals surface area contributed by atoms with E-state index in [9.17, 15) is 4.79 Å². The molecule has 8 heteroatoms. The third-order valence-electron chi connectivity index (χ3n) is 2.56. The zero-order valence-corrected chi connectivity index (χ0v) is 12.7. The minimum Gasteiger partial charge on any atom is -0.389 e. The fourth-order valence-corrected chi connectivity index (χ4v) is 2.31. The molecule has 0 radical (unpaired) electrons. The van der Waals surface area contributed by atoms with Crippen molar-refractivity contribution in [1.82, 2.24) is 9.78 Å². The van der Waals surface area contributed by atoms with Gasteiger partial charge in [0.25, 0.3) is 5.91 Å². The molecule has 2 rings (SSSR count). The van der Waals surface area contributed by atoms with Crippen LogP contribution < -0.4 is 11.1 Å². The number of benzene rings is 1. The highest BCUT2D eigenvalue weighted by molar-refractivity contribution is 7.80. The number of nitrogens with zero attached hydrogens (tertiary/aromatic N) is 2. The van der Waals surface area contributed by atoms with E-state index in [0.29, 0.717) is 27.0 Å². The van der Waals surface area contributed by atoms with E-state index in [-0.39, 0.29) is 10.9 Å². The van der Waals surface area contributed by atoms with Crippen LogP contribution in [0.1, 0.15) is 15.9 Å². The number of halogens is 2. The summed E-state index contributed by atoms with van der Waals surface area (Å²) in [6.45, 7) is 0. The van der Waals surface area contributed by atoms with Gasteiger partial charge in [-0.15, -0.1) is 0 Å². The highest BCUT2D eigenvalue weighted by Gasteiger charge is 2.15. The highest BCUT2D eigenvalue weighted by atomic mass is 35.5. The SMILES string of the molecule is Cn1ncc(C(N)=S)c1NC(=O)c1cc(Cl)cc(Cl)c1. The van der Waals surface area contributed by atoms with Crippen LogP contribution in [0.2, 0.25) is 10.0 Å². The van der Waals surface area contributed by atoms with E-state index in [1.54, 1.807) is 13.1 Å². The van der Waals surface area contributed by atoms with Crippen LogP contribution in [0.25, 0.3) is 0 Å². The summed E-state index contributed by atoms with van der Waals surface area (Å²) in [6.07, 6.45) is 1.49. The Morgan fingerprint density at radius 2 is 1.95 bits per heavy atom. The molecule has 1 aromatic heterocycles. The molecule has 1 amide bonds. The summed E-state index contributed by atoms with van der Waals surface area (Å²) in [5, 5.41) is 7.44. The molecule has 20 heavy (non-hydrogen) atoms. The first-order chi connectivity index (χ1) is 9.38. The number of hydrogen-bond donors (Lipinski definition) is 2. The lowest BCUT2D eigenvalue weighted by molar-refractivity contribution is 0.102. The van der Waals surface area contributed by atoms with Crippen molar-refractivity contribution in [3.63, 3.8) is 0 Å². The predicted molar refractivity (Wildman–Crippen MR) is 83.5 cm³/mol. The summed E-state index contributed by atoms with van der Waals surface area (Å²) < 4.78 is 1.47. The molecule has 1 aromatic carbocycles.